The van der Waals surface area contributed by atoms with E-state index in [1.807, 2.05) is 6.07 Å². The lowest BCUT2D eigenvalue weighted by atomic mass is 9.98. The summed E-state index contributed by atoms with van der Waals surface area (Å²) >= 11 is 0. The molecule has 2 aromatic rings. The number of hydrogen-bond acceptors (Lipinski definition) is 1. The number of benzene rings is 2. The van der Waals surface area contributed by atoms with E-state index in [-0.39, 0.29) is 17.7 Å². The first-order valence-electron chi connectivity index (χ1n) is 5.28. The predicted octanol–water partition coefficient (Wildman–Crippen LogP) is 3.43. The Kier molecular flexibility index (Phi) is 3.20. The van der Waals surface area contributed by atoms with Gasteiger partial charge in [-0.25, -0.2) is 8.78 Å². The normalized spacial score (nSPS) is 10.6. The van der Waals surface area contributed by atoms with E-state index in [4.69, 9.17) is 5.11 Å². The lowest BCUT2D eigenvalue weighted by Crippen LogP contribution is -1.95. The quantitative estimate of drug-likeness (QED) is 0.844. The fourth-order valence-electron chi connectivity index (χ4n) is 1.83. The molecule has 1 N–H and O–H groups in total. The molecule has 0 spiro atoms. The minimum Gasteiger partial charge on any atom is -0.392 e. The number of rotatable bonds is 2. The van der Waals surface area contributed by atoms with Crippen molar-refractivity contribution in [2.24, 2.45) is 0 Å². The van der Waals surface area contributed by atoms with Gasteiger partial charge in [-0.05, 0) is 35.7 Å². The number of aliphatic hydroxyl groups excluding tert-OH is 1. The molecule has 3 heteroatoms. The van der Waals surface area contributed by atoms with Gasteiger partial charge in [0.15, 0.2) is 0 Å². The lowest BCUT2D eigenvalue weighted by Gasteiger charge is -2.09. The summed E-state index contributed by atoms with van der Waals surface area (Å²) in [5.74, 6) is -1.30. The average Bonchev–Trinajstić information content (AvgIpc) is 2.30. The molecule has 0 aromatic heterocycles. The van der Waals surface area contributed by atoms with Crippen LogP contribution in [0.1, 0.15) is 11.1 Å². The Labute approximate surface area is 98.3 Å². The van der Waals surface area contributed by atoms with Crippen LogP contribution in [0.3, 0.4) is 0 Å². The van der Waals surface area contributed by atoms with Crippen LogP contribution in [0.2, 0.25) is 0 Å². The number of halogens is 2. The fourth-order valence-corrected chi connectivity index (χ4v) is 1.83. The van der Waals surface area contributed by atoms with Gasteiger partial charge >= 0.3 is 0 Å². The summed E-state index contributed by atoms with van der Waals surface area (Å²) in [4.78, 5) is 0. The second kappa shape index (κ2) is 4.63. The van der Waals surface area contributed by atoms with Crippen LogP contribution in [0.15, 0.2) is 36.4 Å². The largest absolute Gasteiger partial charge is 0.392 e. The molecular weight excluding hydrogens is 222 g/mol. The SMILES string of the molecule is Cc1ccccc1-c1c(F)cc(CO)cc1F. The zero-order valence-corrected chi connectivity index (χ0v) is 9.37. The van der Waals surface area contributed by atoms with Gasteiger partial charge in [-0.1, -0.05) is 24.3 Å². The van der Waals surface area contributed by atoms with Crippen LogP contribution in [-0.4, -0.2) is 5.11 Å². The van der Waals surface area contributed by atoms with E-state index >= 15 is 0 Å². The Morgan fingerprint density at radius 3 is 2.18 bits per heavy atom. The molecule has 0 unspecified atom stereocenters. The fraction of sp³-hybridized carbons (Fsp3) is 0.143. The zero-order valence-electron chi connectivity index (χ0n) is 9.37. The lowest BCUT2D eigenvalue weighted by molar-refractivity contribution is 0.280. The van der Waals surface area contributed by atoms with Crippen LogP contribution in [0, 0.1) is 18.6 Å². The Hall–Kier alpha value is -1.74. The van der Waals surface area contributed by atoms with Crippen molar-refractivity contribution < 1.29 is 13.9 Å². The highest BCUT2D eigenvalue weighted by Crippen LogP contribution is 2.29. The van der Waals surface area contributed by atoms with Crippen LogP contribution >= 0.6 is 0 Å². The molecule has 0 heterocycles. The third kappa shape index (κ3) is 2.19. The van der Waals surface area contributed by atoms with E-state index in [9.17, 15) is 8.78 Å². The minimum atomic E-state index is -0.650. The first-order chi connectivity index (χ1) is 8.13. The summed E-state index contributed by atoms with van der Waals surface area (Å²) in [5, 5.41) is 8.87. The maximum atomic E-state index is 13.8. The van der Waals surface area contributed by atoms with Gasteiger partial charge in [0.05, 0.1) is 12.2 Å². The highest BCUT2D eigenvalue weighted by atomic mass is 19.1. The van der Waals surface area contributed by atoms with Gasteiger partial charge in [0, 0.05) is 0 Å². The van der Waals surface area contributed by atoms with Crippen molar-refractivity contribution in [1.29, 1.82) is 0 Å². The van der Waals surface area contributed by atoms with Crippen molar-refractivity contribution in [1.82, 2.24) is 0 Å². The smallest absolute Gasteiger partial charge is 0.134 e. The number of aryl methyl sites for hydroxylation is 1. The number of hydrogen-bond donors (Lipinski definition) is 1. The molecule has 0 aliphatic carbocycles. The molecule has 2 aromatic carbocycles. The topological polar surface area (TPSA) is 20.2 Å². The van der Waals surface area contributed by atoms with E-state index in [1.165, 1.54) is 0 Å². The molecule has 0 saturated heterocycles. The van der Waals surface area contributed by atoms with Crippen LogP contribution in [0.5, 0.6) is 0 Å². The summed E-state index contributed by atoms with van der Waals surface area (Å²) in [6.45, 7) is 1.43. The second-order valence-corrected chi connectivity index (χ2v) is 3.91. The van der Waals surface area contributed by atoms with Crippen molar-refractivity contribution in [2.75, 3.05) is 0 Å². The summed E-state index contributed by atoms with van der Waals surface area (Å²) in [6, 6.07) is 9.34. The molecular formula is C14H12F2O. The van der Waals surface area contributed by atoms with Crippen molar-refractivity contribution in [3.05, 3.63) is 59.2 Å². The Morgan fingerprint density at radius 2 is 1.65 bits per heavy atom. The third-order valence-electron chi connectivity index (χ3n) is 2.70. The highest BCUT2D eigenvalue weighted by molar-refractivity contribution is 5.68. The molecule has 0 amide bonds. The monoisotopic (exact) mass is 234 g/mol. The molecule has 2 rings (SSSR count). The van der Waals surface area contributed by atoms with E-state index in [1.54, 1.807) is 25.1 Å². The summed E-state index contributed by atoms with van der Waals surface area (Å²) in [6.07, 6.45) is 0. The average molecular weight is 234 g/mol. The molecule has 0 saturated carbocycles. The van der Waals surface area contributed by atoms with E-state index in [2.05, 4.69) is 0 Å². The van der Waals surface area contributed by atoms with Gasteiger partial charge in [0.2, 0.25) is 0 Å². The molecule has 0 atom stereocenters. The number of aliphatic hydroxyl groups is 1. The first kappa shape index (κ1) is 11.7. The molecule has 0 radical (unpaired) electrons. The highest BCUT2D eigenvalue weighted by Gasteiger charge is 2.14. The van der Waals surface area contributed by atoms with Crippen LogP contribution < -0.4 is 0 Å². The van der Waals surface area contributed by atoms with E-state index in [0.717, 1.165) is 17.7 Å². The minimum absolute atomic E-state index is 0.0414. The molecule has 88 valence electrons. The molecule has 1 nitrogen and oxygen atoms in total. The van der Waals surface area contributed by atoms with Crippen LogP contribution in [0.4, 0.5) is 8.78 Å². The van der Waals surface area contributed by atoms with Crippen molar-refractivity contribution in [3.63, 3.8) is 0 Å². The summed E-state index contributed by atoms with van der Waals surface area (Å²) in [7, 11) is 0. The van der Waals surface area contributed by atoms with Crippen molar-refractivity contribution in [2.45, 2.75) is 13.5 Å². The Morgan fingerprint density at radius 1 is 1.06 bits per heavy atom. The van der Waals surface area contributed by atoms with Gasteiger partial charge in [0.1, 0.15) is 11.6 Å². The van der Waals surface area contributed by atoms with Gasteiger partial charge in [0.25, 0.3) is 0 Å². The van der Waals surface area contributed by atoms with Crippen LogP contribution in [-0.2, 0) is 6.61 Å². The van der Waals surface area contributed by atoms with Gasteiger partial charge in [-0.2, -0.15) is 0 Å². The van der Waals surface area contributed by atoms with Gasteiger partial charge in [-0.15, -0.1) is 0 Å². The zero-order chi connectivity index (χ0) is 12.4. The molecule has 17 heavy (non-hydrogen) atoms. The predicted molar refractivity (Wildman–Crippen MR) is 62.5 cm³/mol. The van der Waals surface area contributed by atoms with Gasteiger partial charge < -0.3 is 5.11 Å². The molecule has 0 aliphatic rings. The summed E-state index contributed by atoms with van der Waals surface area (Å²) in [5.41, 5.74) is 1.53. The first-order valence-corrected chi connectivity index (χ1v) is 5.28. The molecule has 0 fully saturated rings. The molecule has 0 bridgehead atoms. The van der Waals surface area contributed by atoms with E-state index in [0.29, 0.717) is 5.56 Å². The maximum Gasteiger partial charge on any atom is 0.134 e. The van der Waals surface area contributed by atoms with Crippen LogP contribution in [0.25, 0.3) is 11.1 Å². The summed E-state index contributed by atoms with van der Waals surface area (Å²) < 4.78 is 27.6. The Bertz CT molecular complexity index is 527. The molecule has 0 aliphatic heterocycles. The van der Waals surface area contributed by atoms with Crippen molar-refractivity contribution in [3.8, 4) is 11.1 Å². The van der Waals surface area contributed by atoms with Crippen molar-refractivity contribution >= 4 is 0 Å². The second-order valence-electron chi connectivity index (χ2n) is 3.91. The van der Waals surface area contributed by atoms with E-state index < -0.39 is 11.6 Å². The van der Waals surface area contributed by atoms with Gasteiger partial charge in [-0.3, -0.25) is 0 Å². The third-order valence-corrected chi connectivity index (χ3v) is 2.70. The Balaban J connectivity index is 2.64. The maximum absolute atomic E-state index is 13.8. The standard InChI is InChI=1S/C14H12F2O/c1-9-4-2-3-5-11(9)14-12(15)6-10(8-17)7-13(14)16/h2-7,17H,8H2,1H3.